The maximum atomic E-state index is 5.96. The summed E-state index contributed by atoms with van der Waals surface area (Å²) in [6.07, 6.45) is 0. The van der Waals surface area contributed by atoms with Gasteiger partial charge in [-0.3, -0.25) is 0 Å². The number of fused-ring (bicyclic) bond motifs is 1. The van der Waals surface area contributed by atoms with Crippen LogP contribution in [-0.2, 0) is 5.41 Å². The summed E-state index contributed by atoms with van der Waals surface area (Å²) in [5.41, 5.74) is 7.39. The molecule has 0 aliphatic rings. The van der Waals surface area contributed by atoms with E-state index >= 15 is 0 Å². The molecule has 3 aromatic rings. The number of rotatable bonds is 2. The zero-order valence-corrected chi connectivity index (χ0v) is 13.2. The number of benzene rings is 1. The van der Waals surface area contributed by atoms with Crippen molar-refractivity contribution in [3.63, 3.8) is 0 Å². The molecule has 1 aromatic carbocycles. The summed E-state index contributed by atoms with van der Waals surface area (Å²) in [6.45, 7) is 6.27. The molecule has 0 saturated carbocycles. The van der Waals surface area contributed by atoms with Crippen LogP contribution in [0.25, 0.3) is 15.5 Å². The zero-order chi connectivity index (χ0) is 15.2. The van der Waals surface area contributed by atoms with Gasteiger partial charge in [0, 0.05) is 11.0 Å². The number of nitrogens with two attached hydrogens (primary N) is 1. The molecular formula is C14H17N5OS. The normalized spacial score (nSPS) is 12.0. The first-order chi connectivity index (χ1) is 9.90. The Bertz CT molecular complexity index is 799. The van der Waals surface area contributed by atoms with Gasteiger partial charge in [0.2, 0.25) is 4.96 Å². The van der Waals surface area contributed by atoms with Gasteiger partial charge < -0.3 is 10.5 Å². The fraction of sp³-hybridized carbons (Fsp3) is 0.357. The van der Waals surface area contributed by atoms with Crippen molar-refractivity contribution in [1.29, 1.82) is 0 Å². The Balaban J connectivity index is 2.09. The van der Waals surface area contributed by atoms with Crippen molar-refractivity contribution in [3.05, 3.63) is 24.0 Å². The number of hydrogen-bond donors (Lipinski definition) is 1. The molecule has 6 nitrogen and oxygen atoms in total. The molecule has 0 aliphatic carbocycles. The molecule has 2 aromatic heterocycles. The van der Waals surface area contributed by atoms with Gasteiger partial charge in [0.1, 0.15) is 10.8 Å². The van der Waals surface area contributed by atoms with Gasteiger partial charge in [-0.05, 0) is 18.2 Å². The fourth-order valence-corrected chi connectivity index (χ4v) is 2.90. The lowest BCUT2D eigenvalue weighted by atomic mass is 9.96. The molecule has 0 bridgehead atoms. The highest BCUT2D eigenvalue weighted by Gasteiger charge is 2.23. The van der Waals surface area contributed by atoms with Gasteiger partial charge in [0.25, 0.3) is 0 Å². The molecule has 0 unspecified atom stereocenters. The highest BCUT2D eigenvalue weighted by molar-refractivity contribution is 7.19. The van der Waals surface area contributed by atoms with Crippen molar-refractivity contribution in [1.82, 2.24) is 19.8 Å². The Labute approximate surface area is 126 Å². The molecule has 0 amide bonds. The van der Waals surface area contributed by atoms with Crippen LogP contribution in [0.1, 0.15) is 26.6 Å². The van der Waals surface area contributed by atoms with Crippen LogP contribution in [0.5, 0.6) is 5.75 Å². The van der Waals surface area contributed by atoms with Crippen molar-refractivity contribution in [2.75, 3.05) is 12.8 Å². The van der Waals surface area contributed by atoms with E-state index in [1.54, 1.807) is 11.6 Å². The molecule has 2 heterocycles. The monoisotopic (exact) mass is 303 g/mol. The summed E-state index contributed by atoms with van der Waals surface area (Å²) in [5, 5.41) is 13.9. The third-order valence-corrected chi connectivity index (χ3v) is 4.09. The van der Waals surface area contributed by atoms with Gasteiger partial charge >= 0.3 is 0 Å². The summed E-state index contributed by atoms with van der Waals surface area (Å²) in [4.78, 5) is 0.782. The van der Waals surface area contributed by atoms with Crippen molar-refractivity contribution in [2.24, 2.45) is 0 Å². The number of methoxy groups -OCH3 is 1. The van der Waals surface area contributed by atoms with Crippen LogP contribution in [-0.4, -0.2) is 26.9 Å². The topological polar surface area (TPSA) is 78.3 Å². The highest BCUT2D eigenvalue weighted by atomic mass is 32.1. The van der Waals surface area contributed by atoms with E-state index in [1.807, 2.05) is 18.2 Å². The number of nitrogens with zero attached hydrogens (tertiary/aromatic N) is 4. The summed E-state index contributed by atoms with van der Waals surface area (Å²) < 4.78 is 6.98. The third kappa shape index (κ3) is 2.33. The predicted molar refractivity (Wildman–Crippen MR) is 83.8 cm³/mol. The van der Waals surface area contributed by atoms with Crippen molar-refractivity contribution < 1.29 is 4.74 Å². The molecule has 0 spiro atoms. The SMILES string of the molecule is COc1ccc(-c2nn3c(C(C)(C)C)nnc3s2)cc1N. The largest absolute Gasteiger partial charge is 0.495 e. The first-order valence-corrected chi connectivity index (χ1v) is 7.38. The summed E-state index contributed by atoms with van der Waals surface area (Å²) in [7, 11) is 1.60. The van der Waals surface area contributed by atoms with E-state index in [1.165, 1.54) is 11.3 Å². The van der Waals surface area contributed by atoms with Crippen molar-refractivity contribution >= 4 is 22.0 Å². The Morgan fingerprint density at radius 1 is 1.24 bits per heavy atom. The average Bonchev–Trinajstić information content (AvgIpc) is 2.96. The fourth-order valence-electron chi connectivity index (χ4n) is 2.07. The Morgan fingerprint density at radius 2 is 2.00 bits per heavy atom. The summed E-state index contributed by atoms with van der Waals surface area (Å²) >= 11 is 1.49. The van der Waals surface area contributed by atoms with Crippen LogP contribution in [0.4, 0.5) is 5.69 Å². The second-order valence-electron chi connectivity index (χ2n) is 5.83. The summed E-state index contributed by atoms with van der Waals surface area (Å²) in [5.74, 6) is 1.51. The lowest BCUT2D eigenvalue weighted by Gasteiger charge is -2.13. The van der Waals surface area contributed by atoms with Gasteiger partial charge in [0.15, 0.2) is 5.82 Å². The predicted octanol–water partition coefficient (Wildman–Crippen LogP) is 2.74. The molecule has 0 aliphatic heterocycles. The Kier molecular flexibility index (Phi) is 3.09. The molecule has 21 heavy (non-hydrogen) atoms. The van der Waals surface area contributed by atoms with E-state index in [4.69, 9.17) is 10.5 Å². The second kappa shape index (κ2) is 4.70. The third-order valence-electron chi connectivity index (χ3n) is 3.14. The van der Waals surface area contributed by atoms with Gasteiger partial charge in [-0.1, -0.05) is 32.1 Å². The molecule has 0 radical (unpaired) electrons. The summed E-state index contributed by atoms with van der Waals surface area (Å²) in [6, 6.07) is 5.65. The first-order valence-electron chi connectivity index (χ1n) is 6.57. The van der Waals surface area contributed by atoms with E-state index in [-0.39, 0.29) is 5.41 Å². The quantitative estimate of drug-likeness (QED) is 0.736. The smallest absolute Gasteiger partial charge is 0.235 e. The van der Waals surface area contributed by atoms with E-state index in [2.05, 4.69) is 36.1 Å². The molecule has 0 fully saturated rings. The number of nitrogen functional groups attached to an aromatic ring is 1. The molecule has 7 heteroatoms. The second-order valence-corrected chi connectivity index (χ2v) is 6.79. The van der Waals surface area contributed by atoms with E-state index in [9.17, 15) is 0 Å². The highest BCUT2D eigenvalue weighted by Crippen LogP contribution is 2.32. The van der Waals surface area contributed by atoms with E-state index in [0.29, 0.717) is 11.4 Å². The number of ether oxygens (including phenoxy) is 1. The maximum Gasteiger partial charge on any atom is 0.235 e. The number of anilines is 1. The minimum absolute atomic E-state index is 0.107. The van der Waals surface area contributed by atoms with Crippen LogP contribution in [0.15, 0.2) is 18.2 Å². The standard InChI is InChI=1S/C14H17N5OS/c1-14(2,3)12-16-17-13-19(12)18-11(21-13)8-5-6-10(20-4)9(15)7-8/h5-7H,15H2,1-4H3. The first kappa shape index (κ1) is 13.8. The van der Waals surface area contributed by atoms with Crippen molar-refractivity contribution in [2.45, 2.75) is 26.2 Å². The number of aromatic nitrogens is 4. The van der Waals surface area contributed by atoms with Gasteiger partial charge in [-0.2, -0.15) is 9.61 Å². The molecule has 110 valence electrons. The van der Waals surface area contributed by atoms with Crippen LogP contribution >= 0.6 is 11.3 Å². The van der Waals surface area contributed by atoms with Crippen LogP contribution in [0, 0.1) is 0 Å². The van der Waals surface area contributed by atoms with Gasteiger partial charge in [-0.15, -0.1) is 10.2 Å². The van der Waals surface area contributed by atoms with Crippen LogP contribution in [0.2, 0.25) is 0 Å². The van der Waals surface area contributed by atoms with E-state index < -0.39 is 0 Å². The zero-order valence-electron chi connectivity index (χ0n) is 12.4. The van der Waals surface area contributed by atoms with E-state index in [0.717, 1.165) is 21.4 Å². The lowest BCUT2D eigenvalue weighted by molar-refractivity contribution is 0.417. The number of hydrogen-bond acceptors (Lipinski definition) is 6. The maximum absolute atomic E-state index is 5.96. The molecule has 3 rings (SSSR count). The Morgan fingerprint density at radius 3 is 2.62 bits per heavy atom. The minimum atomic E-state index is -0.107. The molecule has 0 saturated heterocycles. The Hall–Kier alpha value is -2.15. The van der Waals surface area contributed by atoms with Crippen LogP contribution < -0.4 is 10.5 Å². The molecular weight excluding hydrogens is 286 g/mol. The average molecular weight is 303 g/mol. The molecule has 2 N–H and O–H groups in total. The van der Waals surface area contributed by atoms with Gasteiger partial charge in [0.05, 0.1) is 12.8 Å². The molecule has 0 atom stereocenters. The lowest BCUT2D eigenvalue weighted by Crippen LogP contribution is -2.16. The van der Waals surface area contributed by atoms with Gasteiger partial charge in [-0.25, -0.2) is 0 Å². The minimum Gasteiger partial charge on any atom is -0.495 e. The van der Waals surface area contributed by atoms with Crippen LogP contribution in [0.3, 0.4) is 0 Å². The van der Waals surface area contributed by atoms with Crippen molar-refractivity contribution in [3.8, 4) is 16.3 Å².